The molecule has 0 aromatic heterocycles. The first-order valence-electron chi connectivity index (χ1n) is 11.5. The molecule has 0 radical (unpaired) electrons. The van der Waals surface area contributed by atoms with Gasteiger partial charge in [-0.05, 0) is 36.1 Å². The van der Waals surface area contributed by atoms with Crippen LogP contribution in [0.5, 0.6) is 0 Å². The number of hydrogen-bond donors (Lipinski definition) is 2. The molecule has 0 spiro atoms. The van der Waals surface area contributed by atoms with Gasteiger partial charge in [-0.25, -0.2) is 4.79 Å². The van der Waals surface area contributed by atoms with E-state index in [1.54, 1.807) is 13.8 Å². The first-order chi connectivity index (χ1) is 16.2. The van der Waals surface area contributed by atoms with Gasteiger partial charge < -0.3 is 24.8 Å². The lowest BCUT2D eigenvalue weighted by molar-refractivity contribution is -0.144. The number of nitrogens with one attached hydrogen (secondary N) is 1. The van der Waals surface area contributed by atoms with Crippen LogP contribution in [0.2, 0.25) is 0 Å². The number of nitrogens with zero attached hydrogens (tertiary/aromatic N) is 1. The SMILES string of the molecule is CC(C)(CC(=O)N1CCOCC(C(=O)O)C1)NC(=O)OCC1c2ccccc2-c2ccccc21. The van der Waals surface area contributed by atoms with Gasteiger partial charge in [-0.1, -0.05) is 48.5 Å². The Kier molecular flexibility index (Phi) is 6.88. The molecule has 8 heteroatoms. The largest absolute Gasteiger partial charge is 0.481 e. The molecule has 1 aliphatic heterocycles. The number of carbonyl (C=O) groups is 3. The first kappa shape index (κ1) is 23.8. The van der Waals surface area contributed by atoms with Crippen molar-refractivity contribution in [1.82, 2.24) is 10.2 Å². The molecule has 34 heavy (non-hydrogen) atoms. The highest BCUT2D eigenvalue weighted by molar-refractivity contribution is 5.80. The minimum absolute atomic E-state index is 0.0174. The van der Waals surface area contributed by atoms with Crippen LogP contribution in [0.3, 0.4) is 0 Å². The first-order valence-corrected chi connectivity index (χ1v) is 11.5. The summed E-state index contributed by atoms with van der Waals surface area (Å²) in [5, 5.41) is 12.1. The Labute approximate surface area is 198 Å². The van der Waals surface area contributed by atoms with Crippen molar-refractivity contribution >= 4 is 18.0 Å². The molecule has 1 unspecified atom stereocenters. The van der Waals surface area contributed by atoms with Crippen molar-refractivity contribution in [3.8, 4) is 11.1 Å². The van der Waals surface area contributed by atoms with E-state index in [1.165, 1.54) is 4.90 Å². The van der Waals surface area contributed by atoms with Crippen molar-refractivity contribution in [2.45, 2.75) is 31.7 Å². The van der Waals surface area contributed by atoms with Crippen molar-refractivity contribution in [3.05, 3.63) is 59.7 Å². The van der Waals surface area contributed by atoms with E-state index in [0.29, 0.717) is 6.54 Å². The van der Waals surface area contributed by atoms with Gasteiger partial charge in [-0.2, -0.15) is 0 Å². The van der Waals surface area contributed by atoms with E-state index in [1.807, 2.05) is 24.3 Å². The molecule has 2 amide bonds. The number of carbonyl (C=O) groups excluding carboxylic acids is 2. The number of carboxylic acid groups (broad SMARTS) is 1. The highest BCUT2D eigenvalue weighted by Crippen LogP contribution is 2.44. The second-order valence-corrected chi connectivity index (χ2v) is 9.46. The molecule has 1 fully saturated rings. The molecule has 2 N–H and O–H groups in total. The molecule has 4 rings (SSSR count). The number of aliphatic carboxylic acids is 1. The van der Waals surface area contributed by atoms with Crippen LogP contribution in [0.1, 0.15) is 37.3 Å². The number of rotatable bonds is 6. The number of fused-ring (bicyclic) bond motifs is 3. The molecule has 2 aromatic rings. The highest BCUT2D eigenvalue weighted by Gasteiger charge is 2.33. The molecule has 1 aliphatic carbocycles. The number of carboxylic acids is 1. The summed E-state index contributed by atoms with van der Waals surface area (Å²) >= 11 is 0. The fourth-order valence-electron chi connectivity index (χ4n) is 4.63. The van der Waals surface area contributed by atoms with Crippen LogP contribution in [0.25, 0.3) is 11.1 Å². The zero-order valence-corrected chi connectivity index (χ0v) is 19.5. The van der Waals surface area contributed by atoms with Gasteiger partial charge in [0.15, 0.2) is 0 Å². The fraction of sp³-hybridized carbons (Fsp3) is 0.423. The van der Waals surface area contributed by atoms with E-state index < -0.39 is 23.5 Å². The summed E-state index contributed by atoms with van der Waals surface area (Å²) < 4.78 is 10.9. The standard InChI is InChI=1S/C26H30N2O6/c1-26(2,13-23(29)28-11-12-33-15-17(14-28)24(30)31)27-25(32)34-16-22-20-9-5-3-7-18(20)19-8-4-6-10-21(19)22/h3-10,17,22H,11-16H2,1-2H3,(H,27,32)(H,30,31). The van der Waals surface area contributed by atoms with Crippen molar-refractivity contribution in [2.75, 3.05) is 32.9 Å². The average molecular weight is 467 g/mol. The summed E-state index contributed by atoms with van der Waals surface area (Å²) in [4.78, 5) is 38.3. The zero-order valence-electron chi connectivity index (χ0n) is 19.5. The van der Waals surface area contributed by atoms with Gasteiger partial charge >= 0.3 is 12.1 Å². The number of ether oxygens (including phenoxy) is 2. The lowest BCUT2D eigenvalue weighted by Gasteiger charge is -2.29. The molecular formula is C26H30N2O6. The molecule has 0 bridgehead atoms. The summed E-state index contributed by atoms with van der Waals surface area (Å²) in [5.41, 5.74) is 3.69. The van der Waals surface area contributed by atoms with Gasteiger partial charge in [0.05, 0.1) is 19.1 Å². The summed E-state index contributed by atoms with van der Waals surface area (Å²) in [6.45, 7) is 4.47. The van der Waals surface area contributed by atoms with Crippen LogP contribution in [0, 0.1) is 5.92 Å². The highest BCUT2D eigenvalue weighted by atomic mass is 16.5. The van der Waals surface area contributed by atoms with E-state index in [9.17, 15) is 19.5 Å². The second kappa shape index (κ2) is 9.85. The summed E-state index contributed by atoms with van der Waals surface area (Å²) in [5.74, 6) is -2.03. The maximum Gasteiger partial charge on any atom is 0.407 e. The van der Waals surface area contributed by atoms with Crippen molar-refractivity contribution in [2.24, 2.45) is 5.92 Å². The third-order valence-electron chi connectivity index (χ3n) is 6.34. The van der Waals surface area contributed by atoms with E-state index in [2.05, 4.69) is 29.6 Å². The monoisotopic (exact) mass is 466 g/mol. The molecule has 2 aliphatic rings. The van der Waals surface area contributed by atoms with E-state index in [0.717, 1.165) is 22.3 Å². The van der Waals surface area contributed by atoms with E-state index in [-0.39, 0.29) is 44.6 Å². The number of hydrogen-bond acceptors (Lipinski definition) is 5. The third kappa shape index (κ3) is 5.22. The van der Waals surface area contributed by atoms with Crippen molar-refractivity contribution < 1.29 is 29.0 Å². The maximum absolute atomic E-state index is 12.8. The summed E-state index contributed by atoms with van der Waals surface area (Å²) in [6, 6.07) is 16.2. The molecule has 0 saturated carbocycles. The van der Waals surface area contributed by atoms with Crippen molar-refractivity contribution in [1.29, 1.82) is 0 Å². The predicted molar refractivity (Wildman–Crippen MR) is 125 cm³/mol. The topological polar surface area (TPSA) is 105 Å². The minimum Gasteiger partial charge on any atom is -0.481 e. The van der Waals surface area contributed by atoms with Crippen LogP contribution in [-0.2, 0) is 19.1 Å². The fourth-order valence-corrected chi connectivity index (χ4v) is 4.63. The zero-order chi connectivity index (χ0) is 24.3. The van der Waals surface area contributed by atoms with E-state index in [4.69, 9.17) is 9.47 Å². The van der Waals surface area contributed by atoms with Gasteiger partial charge in [-0.3, -0.25) is 9.59 Å². The molecule has 1 heterocycles. The predicted octanol–water partition coefficient (Wildman–Crippen LogP) is 3.25. The molecule has 8 nitrogen and oxygen atoms in total. The number of amides is 2. The van der Waals surface area contributed by atoms with Gasteiger partial charge in [-0.15, -0.1) is 0 Å². The number of alkyl carbamates (subject to hydrolysis) is 1. The maximum atomic E-state index is 12.8. The summed E-state index contributed by atoms with van der Waals surface area (Å²) in [6.07, 6.45) is -0.578. The Balaban J connectivity index is 1.35. The second-order valence-electron chi connectivity index (χ2n) is 9.46. The number of benzene rings is 2. The molecule has 1 saturated heterocycles. The van der Waals surface area contributed by atoms with Crippen molar-refractivity contribution in [3.63, 3.8) is 0 Å². The minimum atomic E-state index is -0.990. The Morgan fingerprint density at radius 3 is 2.32 bits per heavy atom. The van der Waals surface area contributed by atoms with Crippen LogP contribution in [-0.4, -0.2) is 66.4 Å². The lowest BCUT2D eigenvalue weighted by atomic mass is 9.98. The quantitative estimate of drug-likeness (QED) is 0.677. The molecular weight excluding hydrogens is 436 g/mol. The van der Waals surface area contributed by atoms with Gasteiger partial charge in [0.2, 0.25) is 5.91 Å². The van der Waals surface area contributed by atoms with Gasteiger partial charge in [0.25, 0.3) is 0 Å². The van der Waals surface area contributed by atoms with Crippen LogP contribution in [0.15, 0.2) is 48.5 Å². The molecule has 180 valence electrons. The normalized spacial score (nSPS) is 17.9. The van der Waals surface area contributed by atoms with Gasteiger partial charge in [0.1, 0.15) is 6.61 Å². The Morgan fingerprint density at radius 1 is 1.09 bits per heavy atom. The lowest BCUT2D eigenvalue weighted by Crippen LogP contribution is -2.49. The smallest absolute Gasteiger partial charge is 0.407 e. The molecule has 2 aromatic carbocycles. The average Bonchev–Trinajstić information content (AvgIpc) is 2.93. The Bertz CT molecular complexity index is 1040. The summed E-state index contributed by atoms with van der Waals surface area (Å²) in [7, 11) is 0. The van der Waals surface area contributed by atoms with Crippen LogP contribution >= 0.6 is 0 Å². The Morgan fingerprint density at radius 2 is 1.71 bits per heavy atom. The molecule has 1 atom stereocenters. The van der Waals surface area contributed by atoms with E-state index >= 15 is 0 Å². The van der Waals surface area contributed by atoms with Crippen LogP contribution in [0.4, 0.5) is 4.79 Å². The van der Waals surface area contributed by atoms with Gasteiger partial charge in [0, 0.05) is 31.0 Å². The third-order valence-corrected chi connectivity index (χ3v) is 6.34. The Hall–Kier alpha value is -3.39. The van der Waals surface area contributed by atoms with Crippen LogP contribution < -0.4 is 5.32 Å².